The number of carbonyl (C=O) groups is 2. The topological polar surface area (TPSA) is 118 Å². The predicted molar refractivity (Wildman–Crippen MR) is 98.6 cm³/mol. The van der Waals surface area contributed by atoms with E-state index in [1.165, 1.54) is 6.07 Å². The molecule has 0 spiro atoms. The summed E-state index contributed by atoms with van der Waals surface area (Å²) in [5, 5.41) is 15.9. The zero-order valence-electron chi connectivity index (χ0n) is 15.1. The number of nitriles is 1. The third-order valence-electron chi connectivity index (χ3n) is 4.46. The summed E-state index contributed by atoms with van der Waals surface area (Å²) >= 11 is 0. The molecule has 2 aromatic heterocycles. The molecule has 140 valence electrons. The lowest BCUT2D eigenvalue weighted by Crippen LogP contribution is -2.21. The van der Waals surface area contributed by atoms with Crippen molar-refractivity contribution in [3.05, 3.63) is 52.8 Å². The summed E-state index contributed by atoms with van der Waals surface area (Å²) in [5.74, 6) is -0.822. The number of carbonyl (C=O) groups excluding carboxylic acids is 2. The second-order valence-corrected chi connectivity index (χ2v) is 6.63. The van der Waals surface area contributed by atoms with Crippen LogP contribution in [0.3, 0.4) is 0 Å². The van der Waals surface area contributed by atoms with Crippen molar-refractivity contribution >= 4 is 28.7 Å². The Kier molecular flexibility index (Phi) is 4.49. The molecule has 0 atom stereocenters. The molecule has 1 saturated carbocycles. The Morgan fingerprint density at radius 3 is 2.93 bits per heavy atom. The van der Waals surface area contributed by atoms with E-state index in [4.69, 9.17) is 14.5 Å². The number of hydrogen-bond acceptors (Lipinski definition) is 7. The summed E-state index contributed by atoms with van der Waals surface area (Å²) < 4.78 is 10.4. The number of ether oxygens (including phenoxy) is 1. The molecule has 1 fully saturated rings. The van der Waals surface area contributed by atoms with Gasteiger partial charge >= 0.3 is 5.97 Å². The lowest BCUT2D eigenvalue weighted by Gasteiger charge is -2.08. The van der Waals surface area contributed by atoms with Crippen LogP contribution in [0.4, 0.5) is 5.69 Å². The van der Waals surface area contributed by atoms with Crippen LogP contribution in [0.5, 0.6) is 0 Å². The van der Waals surface area contributed by atoms with Crippen LogP contribution < -0.4 is 5.32 Å². The first-order chi connectivity index (χ1) is 13.5. The van der Waals surface area contributed by atoms with Gasteiger partial charge in [0.1, 0.15) is 0 Å². The van der Waals surface area contributed by atoms with E-state index in [1.54, 1.807) is 31.2 Å². The number of nitrogens with one attached hydrogen (secondary N) is 1. The molecule has 3 aromatic rings. The molecule has 2 heterocycles. The summed E-state index contributed by atoms with van der Waals surface area (Å²) in [6.07, 6.45) is 2.04. The smallest absolute Gasteiger partial charge is 0.339 e. The zero-order chi connectivity index (χ0) is 19.7. The SMILES string of the molecule is Cc1noc2nc(C3CC3)cc(C(=O)OCC(=O)Nc3cccc(C#N)c3)c12. The van der Waals surface area contributed by atoms with Crippen molar-refractivity contribution < 1.29 is 18.8 Å². The number of aromatic nitrogens is 2. The molecule has 28 heavy (non-hydrogen) atoms. The van der Waals surface area contributed by atoms with Crippen molar-refractivity contribution in [3.8, 4) is 6.07 Å². The summed E-state index contributed by atoms with van der Waals surface area (Å²) in [7, 11) is 0. The molecular weight excluding hydrogens is 360 g/mol. The van der Waals surface area contributed by atoms with Crippen LogP contribution in [0, 0.1) is 18.3 Å². The van der Waals surface area contributed by atoms with Crippen molar-refractivity contribution in [1.82, 2.24) is 10.1 Å². The van der Waals surface area contributed by atoms with E-state index in [-0.39, 0.29) is 0 Å². The van der Waals surface area contributed by atoms with Crippen LogP contribution in [0.15, 0.2) is 34.9 Å². The average molecular weight is 376 g/mol. The first-order valence-corrected chi connectivity index (χ1v) is 8.79. The molecule has 1 amide bonds. The number of pyridine rings is 1. The van der Waals surface area contributed by atoms with Crippen LogP contribution in [0.1, 0.15) is 46.1 Å². The van der Waals surface area contributed by atoms with Crippen molar-refractivity contribution in [3.63, 3.8) is 0 Å². The van der Waals surface area contributed by atoms with Crippen molar-refractivity contribution in [2.75, 3.05) is 11.9 Å². The second-order valence-electron chi connectivity index (χ2n) is 6.63. The lowest BCUT2D eigenvalue weighted by molar-refractivity contribution is -0.119. The molecular formula is C20H16N4O4. The van der Waals surface area contributed by atoms with Crippen LogP contribution >= 0.6 is 0 Å². The quantitative estimate of drug-likeness (QED) is 0.680. The lowest BCUT2D eigenvalue weighted by atomic mass is 10.1. The predicted octanol–water partition coefficient (Wildman–Crippen LogP) is 3.08. The third kappa shape index (κ3) is 3.55. The Hall–Kier alpha value is -3.73. The number of nitrogens with zero attached hydrogens (tertiary/aromatic N) is 3. The largest absolute Gasteiger partial charge is 0.452 e. The van der Waals surface area contributed by atoms with Gasteiger partial charge in [-0.1, -0.05) is 11.2 Å². The van der Waals surface area contributed by atoms with Gasteiger partial charge in [0, 0.05) is 17.3 Å². The number of esters is 1. The Bertz CT molecular complexity index is 1120. The number of anilines is 1. The average Bonchev–Trinajstić information content (AvgIpc) is 3.49. The first kappa shape index (κ1) is 17.7. The highest BCUT2D eigenvalue weighted by Crippen LogP contribution is 2.40. The number of fused-ring (bicyclic) bond motifs is 1. The summed E-state index contributed by atoms with van der Waals surface area (Å²) in [6, 6.07) is 10.2. The number of hydrogen-bond donors (Lipinski definition) is 1. The molecule has 1 aliphatic rings. The van der Waals surface area contributed by atoms with Crippen LogP contribution in [-0.2, 0) is 9.53 Å². The second kappa shape index (κ2) is 7.12. The van der Waals surface area contributed by atoms with Gasteiger partial charge in [-0.15, -0.1) is 0 Å². The van der Waals surface area contributed by atoms with E-state index in [0.29, 0.717) is 39.5 Å². The Balaban J connectivity index is 1.48. The summed E-state index contributed by atoms with van der Waals surface area (Å²) in [4.78, 5) is 29.1. The minimum atomic E-state index is -0.637. The molecule has 0 bridgehead atoms. The van der Waals surface area contributed by atoms with Gasteiger partial charge in [-0.3, -0.25) is 4.79 Å². The van der Waals surface area contributed by atoms with Crippen LogP contribution in [0.2, 0.25) is 0 Å². The summed E-state index contributed by atoms with van der Waals surface area (Å²) in [5.41, 5.74) is 2.78. The monoisotopic (exact) mass is 376 g/mol. The number of amides is 1. The van der Waals surface area contributed by atoms with Gasteiger partial charge in [0.2, 0.25) is 0 Å². The highest BCUT2D eigenvalue weighted by atomic mass is 16.5. The minimum Gasteiger partial charge on any atom is -0.452 e. The fraction of sp³-hybridized carbons (Fsp3) is 0.250. The molecule has 0 saturated heterocycles. The Morgan fingerprint density at radius 2 is 2.18 bits per heavy atom. The fourth-order valence-electron chi connectivity index (χ4n) is 2.94. The van der Waals surface area contributed by atoms with E-state index in [0.717, 1.165) is 18.5 Å². The Labute approximate surface area is 160 Å². The van der Waals surface area contributed by atoms with E-state index >= 15 is 0 Å². The van der Waals surface area contributed by atoms with Gasteiger partial charge in [-0.25, -0.2) is 9.78 Å². The van der Waals surface area contributed by atoms with Gasteiger partial charge < -0.3 is 14.6 Å². The zero-order valence-corrected chi connectivity index (χ0v) is 15.1. The van der Waals surface area contributed by atoms with Gasteiger partial charge in [0.25, 0.3) is 11.6 Å². The molecule has 0 unspecified atom stereocenters. The minimum absolute atomic E-state index is 0.296. The highest BCUT2D eigenvalue weighted by molar-refractivity contribution is 6.04. The number of benzene rings is 1. The van der Waals surface area contributed by atoms with Crippen molar-refractivity contribution in [2.45, 2.75) is 25.7 Å². The van der Waals surface area contributed by atoms with Gasteiger partial charge in [-0.05, 0) is 44.0 Å². The molecule has 1 aromatic carbocycles. The molecule has 1 N–H and O–H groups in total. The molecule has 8 heteroatoms. The molecule has 0 radical (unpaired) electrons. The first-order valence-electron chi connectivity index (χ1n) is 8.79. The van der Waals surface area contributed by atoms with Gasteiger partial charge in [-0.2, -0.15) is 5.26 Å². The van der Waals surface area contributed by atoms with E-state index in [2.05, 4.69) is 15.5 Å². The normalized spacial score (nSPS) is 13.1. The maximum absolute atomic E-state index is 12.6. The maximum atomic E-state index is 12.6. The molecule has 4 rings (SSSR count). The molecule has 1 aliphatic carbocycles. The van der Waals surface area contributed by atoms with E-state index in [1.807, 2.05) is 6.07 Å². The Morgan fingerprint density at radius 1 is 1.36 bits per heavy atom. The van der Waals surface area contributed by atoms with Crippen LogP contribution in [-0.4, -0.2) is 28.6 Å². The standard InChI is InChI=1S/C20H16N4O4/c1-11-18-15(8-16(13-5-6-13)23-19(18)28-24-11)20(26)27-10-17(25)22-14-4-2-3-12(7-14)9-21/h2-4,7-8,13H,5-6,10H2,1H3,(H,22,25). The molecule has 0 aliphatic heterocycles. The third-order valence-corrected chi connectivity index (χ3v) is 4.46. The van der Waals surface area contributed by atoms with Crippen molar-refractivity contribution in [1.29, 1.82) is 5.26 Å². The fourth-order valence-corrected chi connectivity index (χ4v) is 2.94. The van der Waals surface area contributed by atoms with E-state index in [9.17, 15) is 9.59 Å². The summed E-state index contributed by atoms with van der Waals surface area (Å²) in [6.45, 7) is 1.26. The number of rotatable bonds is 5. The van der Waals surface area contributed by atoms with Crippen molar-refractivity contribution in [2.24, 2.45) is 0 Å². The van der Waals surface area contributed by atoms with Crippen LogP contribution in [0.25, 0.3) is 11.1 Å². The highest BCUT2D eigenvalue weighted by Gasteiger charge is 2.29. The number of aryl methyl sites for hydroxylation is 1. The maximum Gasteiger partial charge on any atom is 0.339 e. The molecule has 8 nitrogen and oxygen atoms in total. The van der Waals surface area contributed by atoms with Gasteiger partial charge in [0.15, 0.2) is 6.61 Å². The van der Waals surface area contributed by atoms with Gasteiger partial charge in [0.05, 0.1) is 28.3 Å². The van der Waals surface area contributed by atoms with E-state index < -0.39 is 18.5 Å².